The van der Waals surface area contributed by atoms with Gasteiger partial charge in [0.15, 0.2) is 5.76 Å². The Morgan fingerprint density at radius 3 is 2.58 bits per heavy atom. The van der Waals surface area contributed by atoms with Gasteiger partial charge in [-0.2, -0.15) is 4.31 Å². The van der Waals surface area contributed by atoms with Crippen molar-refractivity contribution in [2.24, 2.45) is 5.92 Å². The molecule has 1 saturated heterocycles. The summed E-state index contributed by atoms with van der Waals surface area (Å²) in [6.07, 6.45) is 1.72. The van der Waals surface area contributed by atoms with E-state index in [2.05, 4.69) is 5.32 Å². The monoisotopic (exact) mass is 396 g/mol. The fraction of sp³-hybridized carbons (Fsp3) is 0.500. The van der Waals surface area contributed by atoms with E-state index in [4.69, 9.17) is 4.42 Å². The fourth-order valence-electron chi connectivity index (χ4n) is 3.15. The van der Waals surface area contributed by atoms with Crippen LogP contribution in [0.15, 0.2) is 32.9 Å². The molecule has 0 aliphatic carbocycles. The summed E-state index contributed by atoms with van der Waals surface area (Å²) in [5, 5.41) is 4.93. The minimum absolute atomic E-state index is 0.0301. The molecular formula is C18H24N2O4S2. The number of amides is 1. The van der Waals surface area contributed by atoms with Gasteiger partial charge in [0.05, 0.1) is 6.04 Å². The lowest BCUT2D eigenvalue weighted by Crippen LogP contribution is -2.31. The van der Waals surface area contributed by atoms with Crippen LogP contribution in [0.1, 0.15) is 53.9 Å². The van der Waals surface area contributed by atoms with E-state index in [-0.39, 0.29) is 28.4 Å². The Balaban J connectivity index is 1.83. The second kappa shape index (κ2) is 7.54. The van der Waals surface area contributed by atoms with Crippen molar-refractivity contribution in [2.75, 3.05) is 13.1 Å². The summed E-state index contributed by atoms with van der Waals surface area (Å²) in [4.78, 5) is 13.8. The number of thiophene rings is 1. The van der Waals surface area contributed by atoms with Crippen LogP contribution in [0, 0.1) is 12.8 Å². The number of carbonyl (C=O) groups excluding carboxylic acids is 1. The predicted octanol–water partition coefficient (Wildman–Crippen LogP) is 3.56. The van der Waals surface area contributed by atoms with Crippen LogP contribution in [-0.4, -0.2) is 31.7 Å². The summed E-state index contributed by atoms with van der Waals surface area (Å²) in [7, 11) is -3.61. The first-order chi connectivity index (χ1) is 12.3. The van der Waals surface area contributed by atoms with Gasteiger partial charge in [-0.3, -0.25) is 4.79 Å². The summed E-state index contributed by atoms with van der Waals surface area (Å²) >= 11 is 1.58. The molecule has 0 radical (unpaired) electrons. The second-order valence-corrected chi connectivity index (χ2v) is 9.74. The average molecular weight is 397 g/mol. The Morgan fingerprint density at radius 1 is 1.31 bits per heavy atom. The van der Waals surface area contributed by atoms with E-state index in [0.717, 1.165) is 17.7 Å². The van der Waals surface area contributed by atoms with Crippen LogP contribution in [0.3, 0.4) is 0 Å². The van der Waals surface area contributed by atoms with E-state index in [1.165, 1.54) is 10.4 Å². The van der Waals surface area contributed by atoms with Crippen molar-refractivity contribution in [3.05, 3.63) is 40.0 Å². The molecule has 1 aliphatic heterocycles. The lowest BCUT2D eigenvalue weighted by Gasteiger charge is -2.20. The molecule has 1 aliphatic rings. The lowest BCUT2D eigenvalue weighted by atomic mass is 10.0. The van der Waals surface area contributed by atoms with Gasteiger partial charge in [-0.1, -0.05) is 19.9 Å². The molecular weight excluding hydrogens is 372 g/mol. The van der Waals surface area contributed by atoms with Crippen LogP contribution in [0.25, 0.3) is 0 Å². The van der Waals surface area contributed by atoms with Gasteiger partial charge in [0.2, 0.25) is 10.0 Å². The Kier molecular flexibility index (Phi) is 5.55. The van der Waals surface area contributed by atoms with Gasteiger partial charge in [0, 0.05) is 24.0 Å². The number of nitrogens with one attached hydrogen (secondary N) is 1. The van der Waals surface area contributed by atoms with E-state index in [1.807, 2.05) is 31.4 Å². The number of carbonyl (C=O) groups is 1. The maximum absolute atomic E-state index is 12.7. The molecule has 142 valence electrons. The molecule has 6 nitrogen and oxygen atoms in total. The summed E-state index contributed by atoms with van der Waals surface area (Å²) < 4.78 is 32.4. The highest BCUT2D eigenvalue weighted by Crippen LogP contribution is 2.29. The third-order valence-electron chi connectivity index (χ3n) is 4.58. The van der Waals surface area contributed by atoms with Crippen LogP contribution in [0.2, 0.25) is 0 Å². The number of hydrogen-bond donors (Lipinski definition) is 1. The lowest BCUT2D eigenvalue weighted by molar-refractivity contribution is 0.0897. The SMILES string of the molecule is Cc1oc(C(=O)NC(c2cccs2)C(C)C)cc1S(=O)(=O)N1CCCC1. The van der Waals surface area contributed by atoms with Crippen molar-refractivity contribution in [3.63, 3.8) is 0 Å². The predicted molar refractivity (Wildman–Crippen MR) is 101 cm³/mol. The smallest absolute Gasteiger partial charge is 0.287 e. The molecule has 2 aromatic heterocycles. The molecule has 1 unspecified atom stereocenters. The van der Waals surface area contributed by atoms with Crippen molar-refractivity contribution in [3.8, 4) is 0 Å². The van der Waals surface area contributed by atoms with Crippen LogP contribution in [0.4, 0.5) is 0 Å². The van der Waals surface area contributed by atoms with Crippen LogP contribution in [-0.2, 0) is 10.0 Å². The topological polar surface area (TPSA) is 79.6 Å². The number of rotatable bonds is 6. The highest BCUT2D eigenvalue weighted by atomic mass is 32.2. The third-order valence-corrected chi connectivity index (χ3v) is 7.54. The molecule has 0 spiro atoms. The first kappa shape index (κ1) is 19.1. The van der Waals surface area contributed by atoms with Crippen molar-refractivity contribution in [1.82, 2.24) is 9.62 Å². The van der Waals surface area contributed by atoms with Gasteiger partial charge in [0.1, 0.15) is 10.7 Å². The zero-order valence-corrected chi connectivity index (χ0v) is 16.8. The van der Waals surface area contributed by atoms with Crippen molar-refractivity contribution in [2.45, 2.75) is 44.6 Å². The average Bonchev–Trinajstić information content (AvgIpc) is 3.32. The quantitative estimate of drug-likeness (QED) is 0.810. The fourth-order valence-corrected chi connectivity index (χ4v) is 5.77. The molecule has 1 atom stereocenters. The number of nitrogens with zero attached hydrogens (tertiary/aromatic N) is 1. The molecule has 3 rings (SSSR count). The first-order valence-corrected chi connectivity index (χ1v) is 11.1. The molecule has 1 N–H and O–H groups in total. The number of aryl methyl sites for hydroxylation is 1. The van der Waals surface area contributed by atoms with Gasteiger partial charge >= 0.3 is 0 Å². The van der Waals surface area contributed by atoms with Crippen LogP contribution < -0.4 is 5.32 Å². The summed E-state index contributed by atoms with van der Waals surface area (Å²) in [6.45, 7) is 6.67. The minimum Gasteiger partial charge on any atom is -0.455 e. The molecule has 1 fully saturated rings. The largest absolute Gasteiger partial charge is 0.455 e. The van der Waals surface area contributed by atoms with E-state index < -0.39 is 15.9 Å². The normalized spacial score (nSPS) is 16.9. The summed E-state index contributed by atoms with van der Waals surface area (Å²) in [5.41, 5.74) is 0. The zero-order valence-electron chi connectivity index (χ0n) is 15.2. The van der Waals surface area contributed by atoms with E-state index in [9.17, 15) is 13.2 Å². The molecule has 26 heavy (non-hydrogen) atoms. The second-order valence-electron chi connectivity index (χ2n) is 6.85. The Hall–Kier alpha value is -1.64. The number of hydrogen-bond acceptors (Lipinski definition) is 5. The van der Waals surface area contributed by atoms with Crippen molar-refractivity contribution < 1.29 is 17.6 Å². The molecule has 0 saturated carbocycles. The van der Waals surface area contributed by atoms with Gasteiger partial charge in [-0.15, -0.1) is 11.3 Å². The Bertz CT molecular complexity index is 863. The van der Waals surface area contributed by atoms with Gasteiger partial charge in [-0.05, 0) is 37.1 Å². The van der Waals surface area contributed by atoms with E-state index in [0.29, 0.717) is 13.1 Å². The number of furan rings is 1. The highest BCUT2D eigenvalue weighted by Gasteiger charge is 2.32. The van der Waals surface area contributed by atoms with Gasteiger partial charge < -0.3 is 9.73 Å². The van der Waals surface area contributed by atoms with Crippen molar-refractivity contribution >= 4 is 27.3 Å². The minimum atomic E-state index is -3.61. The Labute approximate surface area is 158 Å². The zero-order chi connectivity index (χ0) is 18.9. The molecule has 2 aromatic rings. The van der Waals surface area contributed by atoms with Gasteiger partial charge in [0.25, 0.3) is 5.91 Å². The highest BCUT2D eigenvalue weighted by molar-refractivity contribution is 7.89. The van der Waals surface area contributed by atoms with E-state index >= 15 is 0 Å². The summed E-state index contributed by atoms with van der Waals surface area (Å²) in [5.74, 6) is 0.0753. The molecule has 3 heterocycles. The molecule has 1 amide bonds. The molecule has 0 aromatic carbocycles. The maximum Gasteiger partial charge on any atom is 0.287 e. The van der Waals surface area contributed by atoms with E-state index in [1.54, 1.807) is 18.3 Å². The first-order valence-electron chi connectivity index (χ1n) is 8.75. The number of sulfonamides is 1. The third kappa shape index (κ3) is 3.72. The maximum atomic E-state index is 12.7. The summed E-state index contributed by atoms with van der Waals surface area (Å²) in [6, 6.07) is 5.13. The molecule has 0 bridgehead atoms. The molecule has 8 heteroatoms. The Morgan fingerprint density at radius 2 is 2.00 bits per heavy atom. The van der Waals surface area contributed by atoms with Crippen LogP contribution >= 0.6 is 11.3 Å². The van der Waals surface area contributed by atoms with Crippen LogP contribution in [0.5, 0.6) is 0 Å². The standard InChI is InChI=1S/C18H24N2O4S2/c1-12(2)17(15-7-6-10-25-15)19-18(21)14-11-16(13(3)24-14)26(22,23)20-8-4-5-9-20/h6-7,10-12,17H,4-5,8-9H2,1-3H3,(H,19,21). The van der Waals surface area contributed by atoms with Crippen molar-refractivity contribution in [1.29, 1.82) is 0 Å². The van der Waals surface area contributed by atoms with Gasteiger partial charge in [-0.25, -0.2) is 8.42 Å².